The van der Waals surface area contributed by atoms with E-state index in [1.165, 1.54) is 12.1 Å². The predicted molar refractivity (Wildman–Crippen MR) is 85.6 cm³/mol. The summed E-state index contributed by atoms with van der Waals surface area (Å²) in [4.78, 5) is 17.9. The average molecular weight is 316 g/mol. The van der Waals surface area contributed by atoms with Gasteiger partial charge in [-0.2, -0.15) is 0 Å². The number of carbonyl (C=O) groups is 1. The minimum absolute atomic E-state index is 0.0139. The first kappa shape index (κ1) is 15.7. The van der Waals surface area contributed by atoms with E-state index in [0.29, 0.717) is 25.3 Å². The van der Waals surface area contributed by atoms with Crippen molar-refractivity contribution in [2.45, 2.75) is 32.4 Å². The number of hydrogen-bond donors (Lipinski definition) is 1. The zero-order valence-electron chi connectivity index (χ0n) is 13.2. The summed E-state index contributed by atoms with van der Waals surface area (Å²) in [7, 11) is 0. The summed E-state index contributed by atoms with van der Waals surface area (Å²) in [6.07, 6.45) is 5.23. The maximum absolute atomic E-state index is 13.1. The van der Waals surface area contributed by atoms with Gasteiger partial charge in [-0.05, 0) is 43.0 Å². The Kier molecular flexibility index (Phi) is 4.76. The van der Waals surface area contributed by atoms with Crippen molar-refractivity contribution in [1.82, 2.24) is 9.88 Å². The van der Waals surface area contributed by atoms with Gasteiger partial charge in [0.05, 0.1) is 5.56 Å². The number of benzene rings is 1. The summed E-state index contributed by atoms with van der Waals surface area (Å²) in [6.45, 7) is 3.74. The zero-order valence-corrected chi connectivity index (χ0v) is 13.2. The molecule has 3 rings (SSSR count). The fourth-order valence-corrected chi connectivity index (χ4v) is 2.98. The van der Waals surface area contributed by atoms with Crippen molar-refractivity contribution >= 4 is 5.91 Å². The third-order valence-electron chi connectivity index (χ3n) is 4.34. The van der Waals surface area contributed by atoms with E-state index in [2.05, 4.69) is 4.98 Å². The largest absolute Gasteiger partial charge is 0.381 e. The molecule has 2 aromatic rings. The van der Waals surface area contributed by atoms with Crippen LogP contribution < -0.4 is 0 Å². The molecule has 5 heteroatoms. The van der Waals surface area contributed by atoms with E-state index in [9.17, 15) is 9.18 Å². The van der Waals surface area contributed by atoms with Gasteiger partial charge in [-0.25, -0.2) is 4.39 Å². The molecular formula is C18H21FN2O2. The fraction of sp³-hybridized carbons (Fsp3) is 0.389. The van der Waals surface area contributed by atoms with Crippen LogP contribution in [-0.4, -0.2) is 35.0 Å². The lowest BCUT2D eigenvalue weighted by atomic mass is 10.0. The first-order valence-electron chi connectivity index (χ1n) is 7.91. The van der Waals surface area contributed by atoms with E-state index in [-0.39, 0.29) is 17.8 Å². The van der Waals surface area contributed by atoms with E-state index in [0.717, 1.165) is 24.0 Å². The lowest BCUT2D eigenvalue weighted by molar-refractivity contribution is 0.0267. The maximum Gasteiger partial charge on any atom is 0.256 e. The van der Waals surface area contributed by atoms with Crippen molar-refractivity contribution in [2.75, 3.05) is 13.2 Å². The van der Waals surface area contributed by atoms with Gasteiger partial charge in [-0.3, -0.25) is 4.79 Å². The summed E-state index contributed by atoms with van der Waals surface area (Å²) in [5, 5.41) is 0. The molecule has 4 nitrogen and oxygen atoms in total. The number of ether oxygens (including phenoxy) is 1. The Balaban J connectivity index is 1.85. The lowest BCUT2D eigenvalue weighted by Gasteiger charge is -2.34. The molecule has 0 saturated carbocycles. The topological polar surface area (TPSA) is 45.3 Å². The van der Waals surface area contributed by atoms with Crippen molar-refractivity contribution in [3.63, 3.8) is 0 Å². The Hall–Kier alpha value is -2.14. The van der Waals surface area contributed by atoms with Crippen molar-refractivity contribution in [2.24, 2.45) is 0 Å². The smallest absolute Gasteiger partial charge is 0.256 e. The molecule has 0 atom stereocenters. The zero-order chi connectivity index (χ0) is 16.2. The highest BCUT2D eigenvalue weighted by atomic mass is 19.1. The first-order chi connectivity index (χ1) is 11.1. The number of hydrogen-bond acceptors (Lipinski definition) is 2. The van der Waals surface area contributed by atoms with Gasteiger partial charge in [0.2, 0.25) is 0 Å². The Bertz CT molecular complexity index is 660. The van der Waals surface area contributed by atoms with Crippen LogP contribution in [-0.2, 0) is 11.3 Å². The monoisotopic (exact) mass is 316 g/mol. The van der Waals surface area contributed by atoms with Crippen molar-refractivity contribution in [1.29, 1.82) is 0 Å². The molecule has 1 amide bonds. The third-order valence-corrected chi connectivity index (χ3v) is 4.34. The molecule has 0 spiro atoms. The van der Waals surface area contributed by atoms with Crippen LogP contribution in [0.2, 0.25) is 0 Å². The van der Waals surface area contributed by atoms with Gasteiger partial charge in [0.15, 0.2) is 0 Å². The van der Waals surface area contributed by atoms with Gasteiger partial charge >= 0.3 is 0 Å². The van der Waals surface area contributed by atoms with Gasteiger partial charge in [0, 0.05) is 38.2 Å². The highest BCUT2D eigenvalue weighted by molar-refractivity contribution is 5.95. The van der Waals surface area contributed by atoms with E-state index in [1.54, 1.807) is 18.3 Å². The molecule has 122 valence electrons. The molecule has 0 unspecified atom stereocenters. The van der Waals surface area contributed by atoms with Crippen molar-refractivity contribution < 1.29 is 13.9 Å². The molecule has 1 aliphatic heterocycles. The van der Waals surface area contributed by atoms with E-state index in [1.807, 2.05) is 18.0 Å². The number of aromatic amines is 1. The first-order valence-corrected chi connectivity index (χ1v) is 7.91. The summed E-state index contributed by atoms with van der Waals surface area (Å²) in [5.41, 5.74) is 2.56. The normalized spacial score (nSPS) is 15.6. The van der Waals surface area contributed by atoms with Crippen LogP contribution in [0.25, 0.3) is 0 Å². The van der Waals surface area contributed by atoms with Crippen molar-refractivity contribution in [3.05, 3.63) is 59.2 Å². The number of nitrogens with one attached hydrogen (secondary N) is 1. The summed E-state index contributed by atoms with van der Waals surface area (Å²) in [6, 6.07) is 6.49. The average Bonchev–Trinajstić information content (AvgIpc) is 3.00. The number of rotatable bonds is 4. The molecule has 23 heavy (non-hydrogen) atoms. The lowest BCUT2D eigenvalue weighted by Crippen LogP contribution is -2.43. The van der Waals surface area contributed by atoms with E-state index < -0.39 is 0 Å². The van der Waals surface area contributed by atoms with Crippen LogP contribution >= 0.6 is 0 Å². The Morgan fingerprint density at radius 3 is 2.57 bits per heavy atom. The van der Waals surface area contributed by atoms with Crippen molar-refractivity contribution in [3.8, 4) is 0 Å². The Morgan fingerprint density at radius 1 is 1.26 bits per heavy atom. The maximum atomic E-state index is 13.1. The highest BCUT2D eigenvalue weighted by Gasteiger charge is 2.27. The molecule has 1 aromatic heterocycles. The number of nitrogens with zero attached hydrogens (tertiary/aromatic N) is 1. The molecule has 1 fully saturated rings. The van der Waals surface area contributed by atoms with Gasteiger partial charge < -0.3 is 14.6 Å². The summed E-state index contributed by atoms with van der Waals surface area (Å²) < 4.78 is 18.5. The van der Waals surface area contributed by atoms with Crippen LogP contribution in [0, 0.1) is 12.7 Å². The minimum Gasteiger partial charge on any atom is -0.381 e. The predicted octanol–water partition coefficient (Wildman–Crippen LogP) is 3.28. The second-order valence-electron chi connectivity index (χ2n) is 5.96. The van der Waals surface area contributed by atoms with Crippen LogP contribution in [0.3, 0.4) is 0 Å². The SMILES string of the molecule is Cc1c[nH]cc1C(=O)N(Cc1ccc(F)cc1)C1CCOCC1. The number of H-pyrrole nitrogens is 1. The van der Waals surface area contributed by atoms with Crippen LogP contribution in [0.1, 0.15) is 34.3 Å². The Morgan fingerprint density at radius 2 is 1.96 bits per heavy atom. The molecule has 2 heterocycles. The molecular weight excluding hydrogens is 295 g/mol. The second-order valence-corrected chi connectivity index (χ2v) is 5.96. The number of amides is 1. The third kappa shape index (κ3) is 3.62. The number of aromatic nitrogens is 1. The van der Waals surface area contributed by atoms with Crippen LogP contribution in [0.4, 0.5) is 4.39 Å². The summed E-state index contributed by atoms with van der Waals surface area (Å²) >= 11 is 0. The minimum atomic E-state index is -0.265. The summed E-state index contributed by atoms with van der Waals surface area (Å²) in [5.74, 6) is -0.251. The standard InChI is InChI=1S/C18H21FN2O2/c1-13-10-20-11-17(13)18(22)21(16-6-8-23-9-7-16)12-14-2-4-15(19)5-3-14/h2-5,10-11,16,20H,6-9,12H2,1H3. The van der Waals surface area contributed by atoms with Crippen LogP contribution in [0.5, 0.6) is 0 Å². The second kappa shape index (κ2) is 6.96. The molecule has 1 aromatic carbocycles. The highest BCUT2D eigenvalue weighted by Crippen LogP contribution is 2.21. The van der Waals surface area contributed by atoms with E-state index in [4.69, 9.17) is 4.74 Å². The Labute approximate surface area is 135 Å². The van der Waals surface area contributed by atoms with Crippen LogP contribution in [0.15, 0.2) is 36.7 Å². The molecule has 0 aliphatic carbocycles. The van der Waals surface area contributed by atoms with Gasteiger partial charge in [0.1, 0.15) is 5.82 Å². The molecule has 1 aliphatic rings. The number of carbonyl (C=O) groups excluding carboxylic acids is 1. The number of halogens is 1. The van der Waals surface area contributed by atoms with Gasteiger partial charge in [-0.1, -0.05) is 12.1 Å². The number of aryl methyl sites for hydroxylation is 1. The van der Waals surface area contributed by atoms with Gasteiger partial charge in [0.25, 0.3) is 5.91 Å². The molecule has 1 saturated heterocycles. The molecule has 0 bridgehead atoms. The molecule has 0 radical (unpaired) electrons. The van der Waals surface area contributed by atoms with E-state index >= 15 is 0 Å². The molecule has 1 N–H and O–H groups in total. The van der Waals surface area contributed by atoms with Gasteiger partial charge in [-0.15, -0.1) is 0 Å². The fourth-order valence-electron chi connectivity index (χ4n) is 2.98. The quantitative estimate of drug-likeness (QED) is 0.941.